The van der Waals surface area contributed by atoms with E-state index in [1.165, 1.54) is 17.0 Å². The largest absolute Gasteiger partial charge is 0.503 e. The molecule has 2 unspecified atom stereocenters. The number of hydrogen-bond donors (Lipinski definition) is 3. The van der Waals surface area contributed by atoms with E-state index in [-0.39, 0.29) is 23.0 Å². The van der Waals surface area contributed by atoms with Crippen molar-refractivity contribution in [1.29, 1.82) is 0 Å². The molecule has 0 aliphatic heterocycles. The normalized spacial score (nSPS) is 23.2. The molecule has 2 fully saturated rings. The first-order chi connectivity index (χ1) is 16.1. The topological polar surface area (TPSA) is 113 Å². The minimum atomic E-state index is -1.21. The van der Waals surface area contributed by atoms with Gasteiger partial charge in [-0.2, -0.15) is 0 Å². The number of halogens is 3. The van der Waals surface area contributed by atoms with Crippen LogP contribution in [0.25, 0.3) is 5.52 Å². The number of aliphatic hydroxyl groups excluding tert-OH is 1. The van der Waals surface area contributed by atoms with Crippen LogP contribution in [-0.2, 0) is 13.1 Å². The van der Waals surface area contributed by atoms with Crippen LogP contribution in [0.1, 0.15) is 35.2 Å². The van der Waals surface area contributed by atoms with Crippen molar-refractivity contribution >= 4 is 11.4 Å². The number of aromatic nitrogens is 2. The zero-order valence-corrected chi connectivity index (χ0v) is 17.7. The van der Waals surface area contributed by atoms with Gasteiger partial charge in [-0.1, -0.05) is 0 Å². The minimum absolute atomic E-state index is 0.127. The molecule has 3 N–H and O–H groups in total. The number of rotatable bonds is 5. The number of amides is 1. The van der Waals surface area contributed by atoms with E-state index < -0.39 is 57.8 Å². The van der Waals surface area contributed by atoms with Gasteiger partial charge in [-0.05, 0) is 25.2 Å². The molecule has 8 nitrogen and oxygen atoms in total. The number of fused-ring (bicyclic) bond motifs is 1. The fraction of sp³-hybridized carbons (Fsp3) is 0.348. The smallest absolute Gasteiger partial charge is 0.278 e. The Morgan fingerprint density at radius 2 is 1.88 bits per heavy atom. The van der Waals surface area contributed by atoms with Crippen LogP contribution in [-0.4, -0.2) is 31.2 Å². The first-order valence-electron chi connectivity index (χ1n) is 10.7. The van der Waals surface area contributed by atoms with E-state index in [1.807, 2.05) is 0 Å². The molecule has 3 aromatic rings. The van der Waals surface area contributed by atoms with Crippen LogP contribution in [0.5, 0.6) is 5.75 Å². The van der Waals surface area contributed by atoms with Gasteiger partial charge in [0.05, 0.1) is 6.10 Å². The van der Waals surface area contributed by atoms with Crippen molar-refractivity contribution in [1.82, 2.24) is 14.3 Å². The Morgan fingerprint density at radius 1 is 1.18 bits per heavy atom. The predicted octanol–water partition coefficient (Wildman–Crippen LogP) is 1.68. The van der Waals surface area contributed by atoms with Crippen LogP contribution in [0, 0.1) is 28.8 Å². The van der Waals surface area contributed by atoms with E-state index in [1.54, 1.807) is 0 Å². The number of aliphatic hydroxyl groups is 1. The number of benzene rings is 1. The van der Waals surface area contributed by atoms with E-state index in [0.717, 1.165) is 29.9 Å². The Bertz CT molecular complexity index is 1440. The van der Waals surface area contributed by atoms with Gasteiger partial charge < -0.3 is 24.5 Å². The Kier molecular flexibility index (Phi) is 5.05. The number of nitrogens with one attached hydrogen (secondary N) is 1. The summed E-state index contributed by atoms with van der Waals surface area (Å²) in [6.07, 6.45) is 5.98. The number of hydrogen-bond acceptors (Lipinski definition) is 5. The summed E-state index contributed by atoms with van der Waals surface area (Å²) in [5, 5.41) is 22.6. The van der Waals surface area contributed by atoms with Gasteiger partial charge >= 0.3 is 0 Å². The van der Waals surface area contributed by atoms with Crippen molar-refractivity contribution in [3.8, 4) is 5.75 Å². The van der Waals surface area contributed by atoms with Gasteiger partial charge in [-0.15, -0.1) is 0 Å². The Morgan fingerprint density at radius 3 is 2.47 bits per heavy atom. The number of pyridine rings is 1. The summed E-state index contributed by atoms with van der Waals surface area (Å²) < 4.78 is 43.1. The van der Waals surface area contributed by atoms with Gasteiger partial charge in [0.1, 0.15) is 23.0 Å². The third kappa shape index (κ3) is 3.38. The lowest BCUT2D eigenvalue weighted by atomic mass is 9.76. The third-order valence-electron chi connectivity index (χ3n) is 7.10. The molecule has 3 atom stereocenters. The molecule has 1 amide bonds. The van der Waals surface area contributed by atoms with E-state index in [9.17, 15) is 37.8 Å². The second-order valence-corrected chi connectivity index (χ2v) is 8.95. The van der Waals surface area contributed by atoms with Crippen molar-refractivity contribution in [2.75, 3.05) is 0 Å². The molecular formula is C23H20F3N3O5. The average molecular weight is 475 g/mol. The highest BCUT2D eigenvalue weighted by molar-refractivity contribution is 5.94. The summed E-state index contributed by atoms with van der Waals surface area (Å²) >= 11 is 0. The Hall–Kier alpha value is -3.60. The van der Waals surface area contributed by atoms with E-state index in [4.69, 9.17) is 0 Å². The second kappa shape index (κ2) is 7.73. The Balaban J connectivity index is 1.41. The summed E-state index contributed by atoms with van der Waals surface area (Å²) in [5.41, 5.74) is -3.35. The molecule has 0 bridgehead atoms. The predicted molar refractivity (Wildman–Crippen MR) is 113 cm³/mol. The van der Waals surface area contributed by atoms with E-state index in [0.29, 0.717) is 18.7 Å². The maximum atomic E-state index is 13.8. The van der Waals surface area contributed by atoms with E-state index >= 15 is 0 Å². The van der Waals surface area contributed by atoms with Crippen LogP contribution in [0.4, 0.5) is 13.2 Å². The molecule has 1 spiro atoms. The molecule has 178 valence electrons. The maximum Gasteiger partial charge on any atom is 0.278 e. The molecule has 2 aliphatic carbocycles. The minimum Gasteiger partial charge on any atom is -0.503 e. The van der Waals surface area contributed by atoms with Crippen LogP contribution in [0.2, 0.25) is 0 Å². The first kappa shape index (κ1) is 22.2. The van der Waals surface area contributed by atoms with Gasteiger partial charge in [0.25, 0.3) is 11.5 Å². The molecule has 2 heterocycles. The molecule has 1 aromatic carbocycles. The molecule has 34 heavy (non-hydrogen) atoms. The lowest BCUT2D eigenvalue weighted by Gasteiger charge is -2.34. The van der Waals surface area contributed by atoms with Gasteiger partial charge in [0.15, 0.2) is 11.3 Å². The SMILES string of the molecule is O=C(NCc1c(F)cc(F)cc1F)c1cn2ccn(CC3CC34CC[C@H]4O)c(=O)c2c(O)c1=O. The van der Waals surface area contributed by atoms with Crippen LogP contribution < -0.4 is 16.3 Å². The standard InChI is InChI=1S/C23H20F3N3O5/c24-12-5-15(25)13(16(26)6-12)8-27-21(33)14-10-28-3-4-29(22(34)18(28)20(32)19(14)31)9-11-7-23(11)2-1-17(23)30/h3-6,10-11,17,30,32H,1-2,7-9H2,(H,27,33)/t11?,17-,23?/m1/s1. The molecule has 2 aliphatic rings. The molecule has 5 rings (SSSR count). The van der Waals surface area contributed by atoms with Crippen molar-refractivity contribution in [2.45, 2.75) is 38.5 Å². The van der Waals surface area contributed by atoms with Crippen molar-refractivity contribution in [2.24, 2.45) is 11.3 Å². The van der Waals surface area contributed by atoms with Crippen molar-refractivity contribution < 1.29 is 28.2 Å². The molecule has 11 heteroatoms. The highest BCUT2D eigenvalue weighted by atomic mass is 19.1. The molecule has 2 saturated carbocycles. The quantitative estimate of drug-likeness (QED) is 0.520. The summed E-state index contributed by atoms with van der Waals surface area (Å²) in [4.78, 5) is 38.0. The average Bonchev–Trinajstić information content (AvgIpc) is 3.52. The molecule has 2 aromatic heterocycles. The van der Waals surface area contributed by atoms with Gasteiger partial charge in [0.2, 0.25) is 5.43 Å². The zero-order chi connectivity index (χ0) is 24.4. The number of carbonyl (C=O) groups is 1. The highest BCUT2D eigenvalue weighted by Gasteiger charge is 2.63. The lowest BCUT2D eigenvalue weighted by molar-refractivity contribution is -0.00625. The second-order valence-electron chi connectivity index (χ2n) is 8.95. The first-order valence-corrected chi connectivity index (χ1v) is 10.7. The van der Waals surface area contributed by atoms with Crippen molar-refractivity contribution in [3.63, 3.8) is 0 Å². The van der Waals surface area contributed by atoms with Crippen LogP contribution >= 0.6 is 0 Å². The highest BCUT2D eigenvalue weighted by Crippen LogP contribution is 2.65. The van der Waals surface area contributed by atoms with Gasteiger partial charge in [-0.3, -0.25) is 14.4 Å². The number of aromatic hydroxyl groups is 1. The molecular weight excluding hydrogens is 455 g/mol. The lowest BCUT2D eigenvalue weighted by Crippen LogP contribution is -2.36. The van der Waals surface area contributed by atoms with Crippen LogP contribution in [0.15, 0.2) is 40.3 Å². The maximum absolute atomic E-state index is 13.8. The van der Waals surface area contributed by atoms with E-state index in [2.05, 4.69) is 5.32 Å². The fourth-order valence-corrected chi connectivity index (χ4v) is 4.86. The third-order valence-corrected chi connectivity index (χ3v) is 7.10. The van der Waals surface area contributed by atoms with Crippen LogP contribution in [0.3, 0.4) is 0 Å². The van der Waals surface area contributed by atoms with Gasteiger partial charge in [0, 0.05) is 54.8 Å². The number of carbonyl (C=O) groups excluding carboxylic acids is 1. The van der Waals surface area contributed by atoms with Crippen molar-refractivity contribution in [3.05, 3.63) is 79.9 Å². The zero-order valence-electron chi connectivity index (χ0n) is 17.7. The Labute approximate surface area is 189 Å². The summed E-state index contributed by atoms with van der Waals surface area (Å²) in [5.74, 6) is -5.37. The number of nitrogens with zero attached hydrogens (tertiary/aromatic N) is 2. The molecule has 0 radical (unpaired) electrons. The fourth-order valence-electron chi connectivity index (χ4n) is 4.86. The van der Waals surface area contributed by atoms with Gasteiger partial charge in [-0.25, -0.2) is 13.2 Å². The summed E-state index contributed by atoms with van der Waals surface area (Å²) in [6.45, 7) is -0.340. The summed E-state index contributed by atoms with van der Waals surface area (Å²) in [6, 6.07) is 0.920. The summed E-state index contributed by atoms with van der Waals surface area (Å²) in [7, 11) is 0. The monoisotopic (exact) mass is 475 g/mol. The molecule has 0 saturated heterocycles.